The third-order valence-electron chi connectivity index (χ3n) is 1.48. The number of halogens is 2. The minimum absolute atomic E-state index is 0.354. The van der Waals surface area contributed by atoms with E-state index in [4.69, 9.17) is 27.9 Å². The van der Waals surface area contributed by atoms with Gasteiger partial charge in [-0.3, -0.25) is 4.79 Å². The molecule has 4 heteroatoms. The first kappa shape index (κ1) is 10.4. The van der Waals surface area contributed by atoms with Crippen LogP contribution < -0.4 is 4.74 Å². The topological polar surface area (TPSA) is 26.3 Å². The molecule has 0 N–H and O–H groups in total. The van der Waals surface area contributed by atoms with Crippen LogP contribution in [-0.4, -0.2) is 12.9 Å². The zero-order valence-electron chi connectivity index (χ0n) is 7.01. The van der Waals surface area contributed by atoms with Crippen molar-refractivity contribution in [1.29, 1.82) is 0 Å². The van der Waals surface area contributed by atoms with Crippen LogP contribution in [0.2, 0.25) is 10.0 Å². The smallest absolute Gasteiger partial charge is 0.153 e. The molecule has 0 radical (unpaired) electrons. The van der Waals surface area contributed by atoms with Crippen LogP contribution in [0.3, 0.4) is 0 Å². The highest BCUT2D eigenvalue weighted by molar-refractivity contribution is 6.42. The molecule has 0 saturated carbocycles. The molecule has 0 aliphatic heterocycles. The fraction of sp³-hybridized carbons (Fsp3) is 0.222. The molecule has 70 valence electrons. The minimum Gasteiger partial charge on any atom is -0.493 e. The van der Waals surface area contributed by atoms with E-state index in [0.29, 0.717) is 34.3 Å². The molecule has 0 unspecified atom stereocenters. The molecule has 1 rings (SSSR count). The van der Waals surface area contributed by atoms with Gasteiger partial charge in [0.25, 0.3) is 0 Å². The maximum atomic E-state index is 10.6. The Labute approximate surface area is 86.4 Å². The molecule has 0 saturated heterocycles. The molecule has 0 aromatic heterocycles. The summed E-state index contributed by atoms with van der Waals surface area (Å²) in [5, 5.41) is 0.739. The van der Waals surface area contributed by atoms with Crippen molar-refractivity contribution in [3.8, 4) is 5.75 Å². The van der Waals surface area contributed by atoms with Gasteiger partial charge in [-0.05, 0) is 13.0 Å². The maximum absolute atomic E-state index is 10.6. The van der Waals surface area contributed by atoms with E-state index in [1.54, 1.807) is 0 Å². The highest BCUT2D eigenvalue weighted by Gasteiger charge is 2.07. The highest BCUT2D eigenvalue weighted by atomic mass is 35.5. The van der Waals surface area contributed by atoms with Crippen LogP contribution in [-0.2, 0) is 0 Å². The number of carbonyl (C=O) groups is 1. The fourth-order valence-corrected chi connectivity index (χ4v) is 1.24. The van der Waals surface area contributed by atoms with Gasteiger partial charge in [0.15, 0.2) is 6.29 Å². The summed E-state index contributed by atoms with van der Waals surface area (Å²) in [6.07, 6.45) is 0.688. The summed E-state index contributed by atoms with van der Waals surface area (Å²) in [5.41, 5.74) is 0.413. The van der Waals surface area contributed by atoms with E-state index in [-0.39, 0.29) is 0 Å². The van der Waals surface area contributed by atoms with Gasteiger partial charge in [0, 0.05) is 6.07 Å². The van der Waals surface area contributed by atoms with Gasteiger partial charge in [-0.25, -0.2) is 0 Å². The Morgan fingerprint density at radius 2 is 2.00 bits per heavy atom. The second-order valence-electron chi connectivity index (χ2n) is 2.36. The molecule has 1 aromatic carbocycles. The van der Waals surface area contributed by atoms with E-state index in [0.717, 1.165) is 0 Å². The van der Waals surface area contributed by atoms with E-state index in [2.05, 4.69) is 0 Å². The first-order chi connectivity index (χ1) is 6.19. The molecule has 2 nitrogen and oxygen atoms in total. The molecular weight excluding hydrogens is 211 g/mol. The van der Waals surface area contributed by atoms with Gasteiger partial charge >= 0.3 is 0 Å². The molecule has 1 aromatic rings. The average molecular weight is 219 g/mol. The molecule has 0 spiro atoms. The number of benzene rings is 1. The van der Waals surface area contributed by atoms with Crippen molar-refractivity contribution < 1.29 is 9.53 Å². The quantitative estimate of drug-likeness (QED) is 0.729. The molecule has 13 heavy (non-hydrogen) atoms. The van der Waals surface area contributed by atoms with Crippen molar-refractivity contribution in [1.82, 2.24) is 0 Å². The summed E-state index contributed by atoms with van der Waals surface area (Å²) < 4.78 is 5.19. The van der Waals surface area contributed by atoms with Gasteiger partial charge in [0.1, 0.15) is 5.75 Å². The lowest BCUT2D eigenvalue weighted by Gasteiger charge is -2.06. The maximum Gasteiger partial charge on any atom is 0.153 e. The van der Waals surface area contributed by atoms with Crippen molar-refractivity contribution in [2.75, 3.05) is 6.61 Å². The van der Waals surface area contributed by atoms with Gasteiger partial charge in [-0.1, -0.05) is 23.2 Å². The number of rotatable bonds is 3. The summed E-state index contributed by atoms with van der Waals surface area (Å²) in [6, 6.07) is 3.03. The molecule has 0 aliphatic carbocycles. The van der Waals surface area contributed by atoms with Crippen molar-refractivity contribution in [2.24, 2.45) is 0 Å². The minimum atomic E-state index is 0.354. The molecule has 0 atom stereocenters. The largest absolute Gasteiger partial charge is 0.493 e. The average Bonchev–Trinajstić information content (AvgIpc) is 2.11. The Balaban J connectivity index is 3.16. The van der Waals surface area contributed by atoms with Gasteiger partial charge in [0.2, 0.25) is 0 Å². The third kappa shape index (κ3) is 2.36. The molecule has 0 aliphatic rings. The van der Waals surface area contributed by atoms with Crippen LogP contribution in [0.25, 0.3) is 0 Å². The first-order valence-electron chi connectivity index (χ1n) is 3.76. The zero-order chi connectivity index (χ0) is 9.84. The Kier molecular flexibility index (Phi) is 3.58. The van der Waals surface area contributed by atoms with Gasteiger partial charge in [-0.15, -0.1) is 0 Å². The fourth-order valence-electron chi connectivity index (χ4n) is 0.917. The van der Waals surface area contributed by atoms with E-state index in [1.165, 1.54) is 12.1 Å². The van der Waals surface area contributed by atoms with Gasteiger partial charge in [0.05, 0.1) is 22.2 Å². The van der Waals surface area contributed by atoms with E-state index in [1.807, 2.05) is 6.92 Å². The van der Waals surface area contributed by atoms with Crippen molar-refractivity contribution >= 4 is 29.5 Å². The lowest BCUT2D eigenvalue weighted by molar-refractivity contribution is 0.112. The van der Waals surface area contributed by atoms with Crippen LogP contribution >= 0.6 is 23.2 Å². The number of carbonyl (C=O) groups excluding carboxylic acids is 1. The standard InChI is InChI=1S/C9H8Cl2O2/c1-2-13-9-4-8(11)7(10)3-6(9)5-12/h3-5H,2H2,1H3. The predicted molar refractivity (Wildman–Crippen MR) is 53.0 cm³/mol. The molecule has 0 bridgehead atoms. The normalized spacial score (nSPS) is 9.77. The zero-order valence-corrected chi connectivity index (χ0v) is 8.52. The first-order valence-corrected chi connectivity index (χ1v) is 4.51. The van der Waals surface area contributed by atoms with E-state index >= 15 is 0 Å². The summed E-state index contributed by atoms with van der Waals surface area (Å²) in [6.45, 7) is 2.32. The molecule has 0 amide bonds. The second-order valence-corrected chi connectivity index (χ2v) is 3.17. The van der Waals surface area contributed by atoms with Crippen LogP contribution in [0.1, 0.15) is 17.3 Å². The Morgan fingerprint density at radius 1 is 1.38 bits per heavy atom. The second kappa shape index (κ2) is 4.49. The van der Waals surface area contributed by atoms with Gasteiger partial charge < -0.3 is 4.74 Å². The lowest BCUT2D eigenvalue weighted by Crippen LogP contribution is -1.95. The summed E-state index contributed by atoms with van der Waals surface area (Å²) in [5.74, 6) is 0.465. The molecule has 0 heterocycles. The Hall–Kier alpha value is -0.730. The van der Waals surface area contributed by atoms with Crippen molar-refractivity contribution in [3.63, 3.8) is 0 Å². The van der Waals surface area contributed by atoms with Crippen LogP contribution in [0.5, 0.6) is 5.75 Å². The Morgan fingerprint density at radius 3 is 2.54 bits per heavy atom. The summed E-state index contributed by atoms with van der Waals surface area (Å²) in [4.78, 5) is 10.6. The van der Waals surface area contributed by atoms with E-state index in [9.17, 15) is 4.79 Å². The summed E-state index contributed by atoms with van der Waals surface area (Å²) >= 11 is 11.5. The number of hydrogen-bond donors (Lipinski definition) is 0. The SMILES string of the molecule is CCOc1cc(Cl)c(Cl)cc1C=O. The van der Waals surface area contributed by atoms with Gasteiger partial charge in [-0.2, -0.15) is 0 Å². The number of hydrogen-bond acceptors (Lipinski definition) is 2. The monoisotopic (exact) mass is 218 g/mol. The van der Waals surface area contributed by atoms with Crippen LogP contribution in [0.15, 0.2) is 12.1 Å². The lowest BCUT2D eigenvalue weighted by atomic mass is 10.2. The predicted octanol–water partition coefficient (Wildman–Crippen LogP) is 3.20. The molecule has 0 fully saturated rings. The summed E-state index contributed by atoms with van der Waals surface area (Å²) in [7, 11) is 0. The highest BCUT2D eigenvalue weighted by Crippen LogP contribution is 2.29. The molecular formula is C9H8Cl2O2. The number of ether oxygens (including phenoxy) is 1. The van der Waals surface area contributed by atoms with Crippen molar-refractivity contribution in [2.45, 2.75) is 6.92 Å². The van der Waals surface area contributed by atoms with Crippen molar-refractivity contribution in [3.05, 3.63) is 27.7 Å². The Bertz CT molecular complexity index is 324. The van der Waals surface area contributed by atoms with Crippen LogP contribution in [0, 0.1) is 0 Å². The van der Waals surface area contributed by atoms with E-state index < -0.39 is 0 Å². The van der Waals surface area contributed by atoms with Crippen LogP contribution in [0.4, 0.5) is 0 Å². The third-order valence-corrected chi connectivity index (χ3v) is 2.20. The number of aldehydes is 1.